The third kappa shape index (κ3) is 5.86. The minimum atomic E-state index is 0.419. The molecule has 1 aromatic rings. The summed E-state index contributed by atoms with van der Waals surface area (Å²) in [7, 11) is 2.18. The first kappa shape index (κ1) is 14.8. The SMILES string of the molecule is CCCCCN(C)Cc1ccc(C#CCN)cc1. The molecule has 0 heterocycles. The van der Waals surface area contributed by atoms with E-state index in [0.717, 1.165) is 12.1 Å². The van der Waals surface area contributed by atoms with Gasteiger partial charge in [-0.05, 0) is 37.7 Å². The first-order valence-corrected chi connectivity index (χ1v) is 6.72. The van der Waals surface area contributed by atoms with Crippen LogP contribution in [0, 0.1) is 11.8 Å². The summed E-state index contributed by atoms with van der Waals surface area (Å²) in [6.45, 7) is 4.83. The standard InChI is InChI=1S/C16H24N2/c1-3-4-5-13-18(2)14-16-10-8-15(9-11-16)7-6-12-17/h8-11H,3-5,12-14,17H2,1-2H3. The highest BCUT2D eigenvalue weighted by Crippen LogP contribution is 2.07. The molecule has 0 saturated carbocycles. The highest BCUT2D eigenvalue weighted by molar-refractivity contribution is 5.36. The van der Waals surface area contributed by atoms with E-state index in [9.17, 15) is 0 Å². The van der Waals surface area contributed by atoms with Gasteiger partial charge < -0.3 is 10.6 Å². The van der Waals surface area contributed by atoms with Crippen molar-refractivity contribution in [2.45, 2.75) is 32.7 Å². The van der Waals surface area contributed by atoms with Gasteiger partial charge in [-0.3, -0.25) is 0 Å². The van der Waals surface area contributed by atoms with Crippen LogP contribution in [0.3, 0.4) is 0 Å². The summed E-state index contributed by atoms with van der Waals surface area (Å²) in [5, 5.41) is 0. The fraction of sp³-hybridized carbons (Fsp3) is 0.500. The Morgan fingerprint density at radius 2 is 1.89 bits per heavy atom. The third-order valence-corrected chi connectivity index (χ3v) is 2.88. The molecule has 18 heavy (non-hydrogen) atoms. The molecule has 0 fully saturated rings. The van der Waals surface area contributed by atoms with Crippen LogP contribution < -0.4 is 5.73 Å². The lowest BCUT2D eigenvalue weighted by atomic mass is 10.1. The monoisotopic (exact) mass is 244 g/mol. The summed E-state index contributed by atoms with van der Waals surface area (Å²) in [6.07, 6.45) is 3.88. The molecular formula is C16H24N2. The second kappa shape index (κ2) is 8.74. The molecule has 2 nitrogen and oxygen atoms in total. The maximum atomic E-state index is 5.35. The topological polar surface area (TPSA) is 29.3 Å². The summed E-state index contributed by atoms with van der Waals surface area (Å²) in [5.41, 5.74) is 7.73. The Hall–Kier alpha value is -1.30. The number of unbranched alkanes of at least 4 members (excludes halogenated alkanes) is 2. The zero-order chi connectivity index (χ0) is 13.2. The third-order valence-electron chi connectivity index (χ3n) is 2.88. The maximum absolute atomic E-state index is 5.35. The first-order valence-electron chi connectivity index (χ1n) is 6.72. The molecule has 2 N–H and O–H groups in total. The lowest BCUT2D eigenvalue weighted by Crippen LogP contribution is -2.18. The molecule has 2 heteroatoms. The number of benzene rings is 1. The number of hydrogen-bond donors (Lipinski definition) is 1. The molecule has 0 bridgehead atoms. The number of nitrogens with zero attached hydrogens (tertiary/aromatic N) is 1. The molecule has 0 aliphatic heterocycles. The molecule has 0 saturated heterocycles. The van der Waals surface area contributed by atoms with Crippen LogP contribution >= 0.6 is 0 Å². The van der Waals surface area contributed by atoms with Crippen molar-refractivity contribution in [1.29, 1.82) is 0 Å². The Balaban J connectivity index is 2.42. The molecule has 0 aliphatic carbocycles. The van der Waals surface area contributed by atoms with Crippen molar-refractivity contribution in [2.75, 3.05) is 20.1 Å². The van der Waals surface area contributed by atoms with Gasteiger partial charge in [0.25, 0.3) is 0 Å². The van der Waals surface area contributed by atoms with Gasteiger partial charge in [-0.2, -0.15) is 0 Å². The normalized spacial score (nSPS) is 10.2. The Morgan fingerprint density at radius 3 is 2.50 bits per heavy atom. The summed E-state index contributed by atoms with van der Waals surface area (Å²) < 4.78 is 0. The fourth-order valence-electron chi connectivity index (χ4n) is 1.87. The summed E-state index contributed by atoms with van der Waals surface area (Å²) in [6, 6.07) is 8.43. The van der Waals surface area contributed by atoms with E-state index in [0.29, 0.717) is 6.54 Å². The Bertz CT molecular complexity index is 384. The van der Waals surface area contributed by atoms with E-state index < -0.39 is 0 Å². The van der Waals surface area contributed by atoms with Gasteiger partial charge in [-0.1, -0.05) is 43.7 Å². The molecule has 98 valence electrons. The fourth-order valence-corrected chi connectivity index (χ4v) is 1.87. The van der Waals surface area contributed by atoms with Crippen molar-refractivity contribution in [3.8, 4) is 11.8 Å². The van der Waals surface area contributed by atoms with E-state index >= 15 is 0 Å². The van der Waals surface area contributed by atoms with Crippen LogP contribution in [0.5, 0.6) is 0 Å². The van der Waals surface area contributed by atoms with Crippen molar-refractivity contribution < 1.29 is 0 Å². The minimum Gasteiger partial charge on any atom is -0.320 e. The van der Waals surface area contributed by atoms with Gasteiger partial charge in [-0.15, -0.1) is 0 Å². The number of hydrogen-bond acceptors (Lipinski definition) is 2. The molecule has 1 rings (SSSR count). The van der Waals surface area contributed by atoms with Crippen molar-refractivity contribution in [3.63, 3.8) is 0 Å². The summed E-state index contributed by atoms with van der Waals surface area (Å²) in [5.74, 6) is 5.90. The van der Waals surface area contributed by atoms with Gasteiger partial charge in [0.2, 0.25) is 0 Å². The van der Waals surface area contributed by atoms with Gasteiger partial charge in [0.05, 0.1) is 6.54 Å². The van der Waals surface area contributed by atoms with Gasteiger partial charge in [0.15, 0.2) is 0 Å². The van der Waals surface area contributed by atoms with Crippen LogP contribution in [0.1, 0.15) is 37.3 Å². The van der Waals surface area contributed by atoms with E-state index in [1.54, 1.807) is 0 Å². The van der Waals surface area contributed by atoms with Gasteiger partial charge >= 0.3 is 0 Å². The Kier molecular flexibility index (Phi) is 7.17. The van der Waals surface area contributed by atoms with E-state index in [-0.39, 0.29) is 0 Å². The highest BCUT2D eigenvalue weighted by Gasteiger charge is 1.99. The molecule has 0 spiro atoms. The summed E-state index contributed by atoms with van der Waals surface area (Å²) >= 11 is 0. The Morgan fingerprint density at radius 1 is 1.17 bits per heavy atom. The lowest BCUT2D eigenvalue weighted by Gasteiger charge is -2.16. The molecule has 0 aromatic heterocycles. The van der Waals surface area contributed by atoms with Crippen LogP contribution in [0.15, 0.2) is 24.3 Å². The van der Waals surface area contributed by atoms with E-state index in [1.165, 1.54) is 31.4 Å². The van der Waals surface area contributed by atoms with Crippen LogP contribution in [0.25, 0.3) is 0 Å². The van der Waals surface area contributed by atoms with Gasteiger partial charge in [-0.25, -0.2) is 0 Å². The molecule has 0 radical (unpaired) electrons. The van der Waals surface area contributed by atoms with E-state index in [4.69, 9.17) is 5.73 Å². The van der Waals surface area contributed by atoms with Crippen LogP contribution in [0.2, 0.25) is 0 Å². The molecule has 1 aromatic carbocycles. The average Bonchev–Trinajstić information content (AvgIpc) is 2.38. The summed E-state index contributed by atoms with van der Waals surface area (Å²) in [4.78, 5) is 2.37. The van der Waals surface area contributed by atoms with Crippen molar-refractivity contribution in [2.24, 2.45) is 5.73 Å². The molecule has 0 unspecified atom stereocenters. The Labute approximate surface area is 111 Å². The zero-order valence-corrected chi connectivity index (χ0v) is 11.6. The first-order chi connectivity index (χ1) is 8.76. The molecule has 0 amide bonds. The predicted octanol–water partition coefficient (Wildman–Crippen LogP) is 2.62. The van der Waals surface area contributed by atoms with E-state index in [2.05, 4.69) is 55.0 Å². The quantitative estimate of drug-likeness (QED) is 0.615. The molecule has 0 atom stereocenters. The molecule has 0 aliphatic rings. The van der Waals surface area contributed by atoms with Crippen molar-refractivity contribution in [1.82, 2.24) is 4.90 Å². The lowest BCUT2D eigenvalue weighted by molar-refractivity contribution is 0.318. The van der Waals surface area contributed by atoms with Crippen LogP contribution in [0.4, 0.5) is 0 Å². The van der Waals surface area contributed by atoms with Gasteiger partial charge in [0.1, 0.15) is 0 Å². The predicted molar refractivity (Wildman–Crippen MR) is 78.2 cm³/mol. The van der Waals surface area contributed by atoms with Crippen molar-refractivity contribution >= 4 is 0 Å². The highest BCUT2D eigenvalue weighted by atomic mass is 15.1. The smallest absolute Gasteiger partial charge is 0.0555 e. The zero-order valence-electron chi connectivity index (χ0n) is 11.6. The van der Waals surface area contributed by atoms with Gasteiger partial charge in [0, 0.05) is 12.1 Å². The second-order valence-corrected chi connectivity index (χ2v) is 4.65. The number of rotatable bonds is 6. The number of nitrogens with two attached hydrogens (primary N) is 1. The van der Waals surface area contributed by atoms with Crippen LogP contribution in [-0.2, 0) is 6.54 Å². The van der Waals surface area contributed by atoms with Crippen LogP contribution in [-0.4, -0.2) is 25.0 Å². The average molecular weight is 244 g/mol. The maximum Gasteiger partial charge on any atom is 0.0555 e. The van der Waals surface area contributed by atoms with E-state index in [1.807, 2.05) is 0 Å². The largest absolute Gasteiger partial charge is 0.320 e. The molecular weight excluding hydrogens is 220 g/mol. The minimum absolute atomic E-state index is 0.419. The second-order valence-electron chi connectivity index (χ2n) is 4.65. The van der Waals surface area contributed by atoms with Crippen molar-refractivity contribution in [3.05, 3.63) is 35.4 Å².